The summed E-state index contributed by atoms with van der Waals surface area (Å²) in [6.07, 6.45) is 1.65. The molecule has 1 unspecified atom stereocenters. The minimum atomic E-state index is 0.106. The van der Waals surface area contributed by atoms with Crippen LogP contribution in [0.15, 0.2) is 29.8 Å². The van der Waals surface area contributed by atoms with Gasteiger partial charge in [0.05, 0.1) is 0 Å². The molecule has 2 nitrogen and oxygen atoms in total. The summed E-state index contributed by atoms with van der Waals surface area (Å²) in [7, 11) is 0. The van der Waals surface area contributed by atoms with Gasteiger partial charge in [-0.1, -0.05) is 36.7 Å². The Balaban J connectivity index is 2.83. The molecule has 0 saturated carbocycles. The van der Waals surface area contributed by atoms with Crippen LogP contribution in [0.2, 0.25) is 5.02 Å². The van der Waals surface area contributed by atoms with Crippen LogP contribution >= 0.6 is 23.2 Å². The van der Waals surface area contributed by atoms with Gasteiger partial charge in [-0.3, -0.25) is 0 Å². The van der Waals surface area contributed by atoms with E-state index in [1.54, 1.807) is 6.07 Å². The standard InChI is InChI=1S/C13H17Cl2NO/c1-3-12(16)7-10-6-11(15)4-5-13(10)17-8-9(2)14/h4-6,12H,2-3,7-8,16H2,1H3. The zero-order valence-corrected chi connectivity index (χ0v) is 11.4. The summed E-state index contributed by atoms with van der Waals surface area (Å²) >= 11 is 11.6. The van der Waals surface area contributed by atoms with Gasteiger partial charge in [-0.2, -0.15) is 0 Å². The van der Waals surface area contributed by atoms with Gasteiger partial charge in [0.2, 0.25) is 0 Å². The van der Waals surface area contributed by atoms with Gasteiger partial charge in [-0.15, -0.1) is 0 Å². The average Bonchev–Trinajstić information content (AvgIpc) is 2.27. The molecule has 0 heterocycles. The van der Waals surface area contributed by atoms with Gasteiger partial charge >= 0.3 is 0 Å². The summed E-state index contributed by atoms with van der Waals surface area (Å²) < 4.78 is 5.55. The van der Waals surface area contributed by atoms with E-state index in [-0.39, 0.29) is 12.6 Å². The van der Waals surface area contributed by atoms with E-state index in [2.05, 4.69) is 13.5 Å². The van der Waals surface area contributed by atoms with Crippen molar-refractivity contribution in [3.8, 4) is 5.75 Å². The monoisotopic (exact) mass is 273 g/mol. The second kappa shape index (κ2) is 6.90. The molecule has 2 N–H and O–H groups in total. The first-order valence-electron chi connectivity index (χ1n) is 5.53. The van der Waals surface area contributed by atoms with E-state index in [1.165, 1.54) is 0 Å². The molecular formula is C13H17Cl2NO. The lowest BCUT2D eigenvalue weighted by atomic mass is 10.0. The zero-order valence-electron chi connectivity index (χ0n) is 9.88. The third kappa shape index (κ3) is 4.99. The van der Waals surface area contributed by atoms with E-state index < -0.39 is 0 Å². The van der Waals surface area contributed by atoms with Crippen molar-refractivity contribution in [1.82, 2.24) is 0 Å². The first-order chi connectivity index (χ1) is 8.02. The van der Waals surface area contributed by atoms with Crippen molar-refractivity contribution < 1.29 is 4.74 Å². The van der Waals surface area contributed by atoms with Crippen molar-refractivity contribution >= 4 is 23.2 Å². The van der Waals surface area contributed by atoms with Crippen LogP contribution < -0.4 is 10.5 Å². The summed E-state index contributed by atoms with van der Waals surface area (Å²) in [5.74, 6) is 0.764. The van der Waals surface area contributed by atoms with Crippen LogP contribution in [0.4, 0.5) is 0 Å². The lowest BCUT2D eigenvalue weighted by Gasteiger charge is -2.14. The molecule has 0 aliphatic rings. The maximum atomic E-state index is 5.97. The van der Waals surface area contributed by atoms with Gasteiger partial charge in [0, 0.05) is 16.1 Å². The molecule has 17 heavy (non-hydrogen) atoms. The average molecular weight is 274 g/mol. The Labute approximate surface area is 112 Å². The van der Waals surface area contributed by atoms with E-state index in [0.717, 1.165) is 24.2 Å². The molecule has 0 amide bonds. The quantitative estimate of drug-likeness (QED) is 0.857. The normalized spacial score (nSPS) is 12.2. The van der Waals surface area contributed by atoms with Gasteiger partial charge in [0.15, 0.2) is 0 Å². The number of hydrogen-bond acceptors (Lipinski definition) is 2. The van der Waals surface area contributed by atoms with Crippen molar-refractivity contribution in [2.75, 3.05) is 6.61 Å². The SMILES string of the molecule is C=C(Cl)COc1ccc(Cl)cc1CC(N)CC. The Morgan fingerprint density at radius 1 is 1.53 bits per heavy atom. The molecule has 1 rings (SSSR count). The number of halogens is 2. The van der Waals surface area contributed by atoms with Crippen LogP contribution in [0.3, 0.4) is 0 Å². The topological polar surface area (TPSA) is 35.2 Å². The maximum Gasteiger partial charge on any atom is 0.123 e. The zero-order chi connectivity index (χ0) is 12.8. The summed E-state index contributed by atoms with van der Waals surface area (Å²) in [6.45, 7) is 5.93. The predicted octanol–water partition coefficient (Wildman–Crippen LogP) is 3.75. The molecule has 0 radical (unpaired) electrons. The highest BCUT2D eigenvalue weighted by atomic mass is 35.5. The van der Waals surface area contributed by atoms with Gasteiger partial charge in [0.1, 0.15) is 12.4 Å². The third-order valence-electron chi connectivity index (χ3n) is 2.41. The van der Waals surface area contributed by atoms with Crippen LogP contribution in [-0.4, -0.2) is 12.6 Å². The second-order valence-corrected chi connectivity index (χ2v) is 4.90. The third-order valence-corrected chi connectivity index (χ3v) is 2.76. The van der Waals surface area contributed by atoms with Crippen molar-refractivity contribution in [3.05, 3.63) is 40.4 Å². The molecule has 0 saturated heterocycles. The van der Waals surface area contributed by atoms with Crippen LogP contribution in [0.25, 0.3) is 0 Å². The summed E-state index contributed by atoms with van der Waals surface area (Å²) in [5, 5.41) is 1.14. The van der Waals surface area contributed by atoms with Gasteiger partial charge in [-0.25, -0.2) is 0 Å². The number of rotatable bonds is 6. The lowest BCUT2D eigenvalue weighted by molar-refractivity contribution is 0.354. The molecule has 94 valence electrons. The number of benzene rings is 1. The van der Waals surface area contributed by atoms with Crippen molar-refractivity contribution in [3.63, 3.8) is 0 Å². The minimum Gasteiger partial charge on any atom is -0.488 e. The molecular weight excluding hydrogens is 257 g/mol. The molecule has 0 spiro atoms. The molecule has 0 aromatic heterocycles. The number of nitrogens with two attached hydrogens (primary N) is 1. The first-order valence-corrected chi connectivity index (χ1v) is 6.28. The van der Waals surface area contributed by atoms with E-state index in [4.69, 9.17) is 33.7 Å². The van der Waals surface area contributed by atoms with E-state index in [1.807, 2.05) is 12.1 Å². The fraction of sp³-hybridized carbons (Fsp3) is 0.385. The largest absolute Gasteiger partial charge is 0.488 e. The van der Waals surface area contributed by atoms with E-state index in [0.29, 0.717) is 10.1 Å². The van der Waals surface area contributed by atoms with Crippen molar-refractivity contribution in [2.45, 2.75) is 25.8 Å². The summed E-state index contributed by atoms with van der Waals surface area (Å²) in [5.41, 5.74) is 6.94. The van der Waals surface area contributed by atoms with E-state index in [9.17, 15) is 0 Å². The fourth-order valence-electron chi connectivity index (χ4n) is 1.43. The first kappa shape index (κ1) is 14.4. The Kier molecular flexibility index (Phi) is 5.83. The highest BCUT2D eigenvalue weighted by Gasteiger charge is 2.09. The van der Waals surface area contributed by atoms with Gasteiger partial charge in [0.25, 0.3) is 0 Å². The Bertz CT molecular complexity index is 393. The summed E-state index contributed by atoms with van der Waals surface area (Å²) in [6, 6.07) is 5.60. The highest BCUT2D eigenvalue weighted by molar-refractivity contribution is 6.30. The molecule has 0 aliphatic heterocycles. The molecule has 1 aromatic rings. The van der Waals surface area contributed by atoms with Crippen molar-refractivity contribution in [2.24, 2.45) is 5.73 Å². The van der Waals surface area contributed by atoms with Crippen LogP contribution in [0, 0.1) is 0 Å². The Morgan fingerprint density at radius 2 is 2.24 bits per heavy atom. The predicted molar refractivity (Wildman–Crippen MR) is 73.9 cm³/mol. The number of ether oxygens (including phenoxy) is 1. The molecule has 1 aromatic carbocycles. The van der Waals surface area contributed by atoms with Gasteiger partial charge in [-0.05, 0) is 36.6 Å². The minimum absolute atomic E-state index is 0.106. The molecule has 0 bridgehead atoms. The molecule has 0 fully saturated rings. The van der Waals surface area contributed by atoms with Crippen LogP contribution in [0.5, 0.6) is 5.75 Å². The highest BCUT2D eigenvalue weighted by Crippen LogP contribution is 2.25. The van der Waals surface area contributed by atoms with Gasteiger partial charge < -0.3 is 10.5 Å². The number of hydrogen-bond donors (Lipinski definition) is 1. The fourth-order valence-corrected chi connectivity index (χ4v) is 1.68. The molecule has 1 atom stereocenters. The molecule has 4 heteroatoms. The van der Waals surface area contributed by atoms with Crippen LogP contribution in [-0.2, 0) is 6.42 Å². The Morgan fingerprint density at radius 3 is 2.82 bits per heavy atom. The lowest BCUT2D eigenvalue weighted by Crippen LogP contribution is -2.21. The molecule has 0 aliphatic carbocycles. The smallest absolute Gasteiger partial charge is 0.123 e. The summed E-state index contributed by atoms with van der Waals surface area (Å²) in [4.78, 5) is 0. The van der Waals surface area contributed by atoms with Crippen LogP contribution in [0.1, 0.15) is 18.9 Å². The second-order valence-electron chi connectivity index (χ2n) is 3.93. The maximum absolute atomic E-state index is 5.97. The van der Waals surface area contributed by atoms with E-state index >= 15 is 0 Å². The Hall–Kier alpha value is -0.700. The van der Waals surface area contributed by atoms with Crippen molar-refractivity contribution in [1.29, 1.82) is 0 Å².